The number of aromatic hydroxyl groups is 3. The monoisotopic (exact) mass is 297 g/mol. The molecule has 0 aliphatic carbocycles. The Bertz CT molecular complexity index is 507. The van der Waals surface area contributed by atoms with Gasteiger partial charge in [-0.2, -0.15) is 0 Å². The SMILES string of the molecule is COC1(OC)CCN(C(=O)c2cc(O)c(O)c(O)c2)CC1. The van der Waals surface area contributed by atoms with Crippen LogP contribution in [0.4, 0.5) is 0 Å². The molecule has 1 aromatic rings. The second kappa shape index (κ2) is 5.79. The number of phenolic OH excluding ortho intramolecular Hbond substituents is 3. The third kappa shape index (κ3) is 2.88. The Labute approximate surface area is 122 Å². The van der Waals surface area contributed by atoms with E-state index in [1.807, 2.05) is 0 Å². The molecular weight excluding hydrogens is 278 g/mol. The van der Waals surface area contributed by atoms with Crippen molar-refractivity contribution in [1.82, 2.24) is 4.90 Å². The lowest BCUT2D eigenvalue weighted by molar-refractivity contribution is -0.226. The zero-order valence-electron chi connectivity index (χ0n) is 12.0. The van der Waals surface area contributed by atoms with Crippen LogP contribution in [0.2, 0.25) is 0 Å². The summed E-state index contributed by atoms with van der Waals surface area (Å²) in [7, 11) is 3.13. The maximum absolute atomic E-state index is 12.3. The number of hydrogen-bond donors (Lipinski definition) is 3. The summed E-state index contributed by atoms with van der Waals surface area (Å²) in [6, 6.07) is 2.26. The van der Waals surface area contributed by atoms with Crippen molar-refractivity contribution in [2.75, 3.05) is 27.3 Å². The number of carbonyl (C=O) groups is 1. The van der Waals surface area contributed by atoms with Gasteiger partial charge in [0.25, 0.3) is 5.91 Å². The Morgan fingerprint density at radius 3 is 2.00 bits per heavy atom. The molecule has 1 aliphatic heterocycles. The van der Waals surface area contributed by atoms with Crippen molar-refractivity contribution in [3.63, 3.8) is 0 Å². The van der Waals surface area contributed by atoms with Gasteiger partial charge < -0.3 is 29.7 Å². The quantitative estimate of drug-likeness (QED) is 0.569. The van der Waals surface area contributed by atoms with Crippen LogP contribution in [0.5, 0.6) is 17.2 Å². The van der Waals surface area contributed by atoms with E-state index in [2.05, 4.69) is 0 Å². The van der Waals surface area contributed by atoms with Crippen molar-refractivity contribution < 1.29 is 29.6 Å². The third-order valence-corrected chi connectivity index (χ3v) is 3.87. The molecule has 1 amide bonds. The van der Waals surface area contributed by atoms with Gasteiger partial charge in [0, 0.05) is 45.7 Å². The average Bonchev–Trinajstić information content (AvgIpc) is 2.51. The van der Waals surface area contributed by atoms with E-state index < -0.39 is 23.0 Å². The summed E-state index contributed by atoms with van der Waals surface area (Å²) < 4.78 is 10.7. The summed E-state index contributed by atoms with van der Waals surface area (Å²) >= 11 is 0. The van der Waals surface area contributed by atoms with Crippen LogP contribution >= 0.6 is 0 Å². The largest absolute Gasteiger partial charge is 0.504 e. The number of ether oxygens (including phenoxy) is 2. The normalized spacial score (nSPS) is 17.7. The van der Waals surface area contributed by atoms with Crippen molar-refractivity contribution in [1.29, 1.82) is 0 Å². The number of piperidine rings is 1. The van der Waals surface area contributed by atoms with Crippen molar-refractivity contribution in [2.24, 2.45) is 0 Å². The molecule has 3 N–H and O–H groups in total. The van der Waals surface area contributed by atoms with Crippen molar-refractivity contribution in [3.8, 4) is 17.2 Å². The number of phenols is 3. The van der Waals surface area contributed by atoms with Gasteiger partial charge in [0.05, 0.1) is 0 Å². The molecular formula is C14H19NO6. The van der Waals surface area contributed by atoms with Crippen LogP contribution in [0.25, 0.3) is 0 Å². The summed E-state index contributed by atoms with van der Waals surface area (Å²) in [5.74, 6) is -2.70. The number of rotatable bonds is 3. The minimum absolute atomic E-state index is 0.116. The van der Waals surface area contributed by atoms with Gasteiger partial charge in [0.15, 0.2) is 23.0 Å². The highest BCUT2D eigenvalue weighted by Gasteiger charge is 2.36. The maximum atomic E-state index is 12.3. The predicted octanol–water partition coefficient (Wildman–Crippen LogP) is 1.03. The number of amides is 1. The average molecular weight is 297 g/mol. The molecule has 1 aromatic carbocycles. The highest BCUT2D eigenvalue weighted by atomic mass is 16.7. The van der Waals surface area contributed by atoms with Gasteiger partial charge in [-0.15, -0.1) is 0 Å². The van der Waals surface area contributed by atoms with Crippen LogP contribution in [-0.2, 0) is 9.47 Å². The maximum Gasteiger partial charge on any atom is 0.254 e. The first-order valence-corrected chi connectivity index (χ1v) is 6.57. The Balaban J connectivity index is 2.12. The van der Waals surface area contributed by atoms with Gasteiger partial charge in [-0.25, -0.2) is 0 Å². The molecule has 2 rings (SSSR count). The Morgan fingerprint density at radius 2 is 1.57 bits per heavy atom. The van der Waals surface area contributed by atoms with Crippen LogP contribution in [0.3, 0.4) is 0 Å². The van der Waals surface area contributed by atoms with E-state index in [4.69, 9.17) is 9.47 Å². The van der Waals surface area contributed by atoms with Crippen LogP contribution < -0.4 is 0 Å². The Kier molecular flexibility index (Phi) is 4.24. The lowest BCUT2D eigenvalue weighted by Gasteiger charge is -2.39. The van der Waals surface area contributed by atoms with Gasteiger partial charge in [0.2, 0.25) is 0 Å². The van der Waals surface area contributed by atoms with E-state index in [0.29, 0.717) is 25.9 Å². The van der Waals surface area contributed by atoms with E-state index >= 15 is 0 Å². The lowest BCUT2D eigenvalue weighted by atomic mass is 10.0. The summed E-state index contributed by atoms with van der Waals surface area (Å²) in [6.45, 7) is 0.867. The van der Waals surface area contributed by atoms with Crippen molar-refractivity contribution in [3.05, 3.63) is 17.7 Å². The first-order chi connectivity index (χ1) is 9.92. The standard InChI is InChI=1S/C14H19NO6/c1-20-14(21-2)3-5-15(6-4-14)13(19)9-7-10(16)12(18)11(17)8-9/h7-8,16-18H,3-6H2,1-2H3. The topological polar surface area (TPSA) is 99.5 Å². The molecule has 0 aromatic heterocycles. The number of carbonyl (C=O) groups excluding carboxylic acids is 1. The van der Waals surface area contributed by atoms with E-state index in [-0.39, 0.29) is 11.5 Å². The fourth-order valence-electron chi connectivity index (χ4n) is 2.45. The highest BCUT2D eigenvalue weighted by Crippen LogP contribution is 2.36. The van der Waals surface area contributed by atoms with E-state index in [9.17, 15) is 20.1 Å². The molecule has 0 saturated carbocycles. The summed E-state index contributed by atoms with van der Waals surface area (Å²) in [5.41, 5.74) is 0.116. The summed E-state index contributed by atoms with van der Waals surface area (Å²) in [6.07, 6.45) is 1.06. The van der Waals surface area contributed by atoms with Gasteiger partial charge in [-0.1, -0.05) is 0 Å². The fourth-order valence-corrected chi connectivity index (χ4v) is 2.45. The van der Waals surface area contributed by atoms with Gasteiger partial charge in [-0.05, 0) is 12.1 Å². The first kappa shape index (κ1) is 15.4. The van der Waals surface area contributed by atoms with E-state index in [1.165, 1.54) is 0 Å². The lowest BCUT2D eigenvalue weighted by Crippen LogP contribution is -2.48. The number of hydrogen-bond acceptors (Lipinski definition) is 6. The van der Waals surface area contributed by atoms with Crippen LogP contribution in [0, 0.1) is 0 Å². The van der Waals surface area contributed by atoms with E-state index in [0.717, 1.165) is 12.1 Å². The molecule has 0 spiro atoms. The van der Waals surface area contributed by atoms with Crippen LogP contribution in [0.15, 0.2) is 12.1 Å². The molecule has 0 bridgehead atoms. The second-order valence-electron chi connectivity index (χ2n) is 4.97. The van der Waals surface area contributed by atoms with E-state index in [1.54, 1.807) is 19.1 Å². The van der Waals surface area contributed by atoms with Gasteiger partial charge in [-0.3, -0.25) is 4.79 Å². The number of methoxy groups -OCH3 is 2. The smallest absolute Gasteiger partial charge is 0.254 e. The molecule has 1 fully saturated rings. The summed E-state index contributed by atoms with van der Waals surface area (Å²) in [5, 5.41) is 28.2. The molecule has 116 valence electrons. The van der Waals surface area contributed by atoms with Crippen LogP contribution in [-0.4, -0.2) is 59.2 Å². The minimum Gasteiger partial charge on any atom is -0.504 e. The molecule has 0 unspecified atom stereocenters. The molecule has 21 heavy (non-hydrogen) atoms. The van der Waals surface area contributed by atoms with Crippen molar-refractivity contribution >= 4 is 5.91 Å². The molecule has 1 aliphatic rings. The first-order valence-electron chi connectivity index (χ1n) is 6.57. The Hall–Kier alpha value is -1.99. The molecule has 7 heteroatoms. The molecule has 0 atom stereocenters. The second-order valence-corrected chi connectivity index (χ2v) is 4.97. The number of nitrogens with zero attached hydrogens (tertiary/aromatic N) is 1. The van der Waals surface area contributed by atoms with Gasteiger partial charge in [0.1, 0.15) is 0 Å². The predicted molar refractivity (Wildman–Crippen MR) is 73.3 cm³/mol. The minimum atomic E-state index is -0.671. The fraction of sp³-hybridized carbons (Fsp3) is 0.500. The molecule has 1 saturated heterocycles. The zero-order valence-corrected chi connectivity index (χ0v) is 12.0. The number of benzene rings is 1. The van der Waals surface area contributed by atoms with Gasteiger partial charge >= 0.3 is 0 Å². The Morgan fingerprint density at radius 1 is 1.10 bits per heavy atom. The molecule has 0 radical (unpaired) electrons. The van der Waals surface area contributed by atoms with Crippen LogP contribution in [0.1, 0.15) is 23.2 Å². The summed E-state index contributed by atoms with van der Waals surface area (Å²) in [4.78, 5) is 13.9. The zero-order chi connectivity index (χ0) is 15.6. The molecule has 7 nitrogen and oxygen atoms in total. The molecule has 1 heterocycles. The third-order valence-electron chi connectivity index (χ3n) is 3.87. The number of likely N-dealkylation sites (tertiary alicyclic amines) is 1. The highest BCUT2D eigenvalue weighted by molar-refractivity contribution is 5.95. The van der Waals surface area contributed by atoms with Crippen molar-refractivity contribution in [2.45, 2.75) is 18.6 Å².